The zero-order valence-electron chi connectivity index (χ0n) is 14.5. The third kappa shape index (κ3) is 5.27. The molecule has 0 bridgehead atoms. The van der Waals surface area contributed by atoms with Gasteiger partial charge in [0.1, 0.15) is 12.2 Å². The predicted octanol–water partition coefficient (Wildman–Crippen LogP) is 1.87. The summed E-state index contributed by atoms with van der Waals surface area (Å²) in [4.78, 5) is 47.8. The largest absolute Gasteiger partial charge is 0.451 e. The maximum absolute atomic E-state index is 12.1. The van der Waals surface area contributed by atoms with Crippen LogP contribution in [0.5, 0.6) is 0 Å². The van der Waals surface area contributed by atoms with Crippen LogP contribution in [0.4, 0.5) is 11.4 Å². The topological polar surface area (TPSA) is 119 Å². The molecule has 2 amide bonds. The molecule has 1 saturated heterocycles. The maximum Gasteiger partial charge on any atom is 0.326 e. The quantitative estimate of drug-likeness (QED) is 0.468. The highest BCUT2D eigenvalue weighted by Gasteiger charge is 2.24. The third-order valence-electron chi connectivity index (χ3n) is 4.03. The number of ether oxygens (including phenoxy) is 1. The number of carbonyl (C=O) groups is 3. The number of amides is 2. The summed E-state index contributed by atoms with van der Waals surface area (Å²) in [5.74, 6) is -1.48. The SMILES string of the molecule is C[C@H](OC(=O)CN1CCCCCC1=O)C(=O)Nc1ccccc1[N+](=O)[O-]. The van der Waals surface area contributed by atoms with Gasteiger partial charge in [0.15, 0.2) is 6.10 Å². The molecule has 1 aliphatic heterocycles. The van der Waals surface area contributed by atoms with E-state index >= 15 is 0 Å². The number of nitrogens with one attached hydrogen (secondary N) is 1. The second kappa shape index (κ2) is 8.93. The molecular weight excluding hydrogens is 342 g/mol. The third-order valence-corrected chi connectivity index (χ3v) is 4.03. The second-order valence-electron chi connectivity index (χ2n) is 6.02. The summed E-state index contributed by atoms with van der Waals surface area (Å²) >= 11 is 0. The van der Waals surface area contributed by atoms with Crippen molar-refractivity contribution in [3.63, 3.8) is 0 Å². The van der Waals surface area contributed by atoms with E-state index < -0.39 is 22.9 Å². The average Bonchev–Trinajstić information content (AvgIpc) is 2.79. The molecule has 0 spiro atoms. The van der Waals surface area contributed by atoms with Crippen molar-refractivity contribution >= 4 is 29.2 Å². The average molecular weight is 363 g/mol. The number of para-hydroxylation sites is 2. The minimum absolute atomic E-state index is 0.0214. The van der Waals surface area contributed by atoms with Crippen LogP contribution in [-0.2, 0) is 19.1 Å². The monoisotopic (exact) mass is 363 g/mol. The van der Waals surface area contributed by atoms with E-state index in [9.17, 15) is 24.5 Å². The highest BCUT2D eigenvalue weighted by atomic mass is 16.6. The molecule has 1 aromatic rings. The normalized spacial score (nSPS) is 15.7. The molecule has 1 atom stereocenters. The van der Waals surface area contributed by atoms with E-state index in [2.05, 4.69) is 5.32 Å². The number of anilines is 1. The zero-order valence-corrected chi connectivity index (χ0v) is 14.5. The van der Waals surface area contributed by atoms with Crippen LogP contribution in [-0.4, -0.2) is 46.8 Å². The van der Waals surface area contributed by atoms with Crippen molar-refractivity contribution in [1.82, 2.24) is 4.90 Å². The Morgan fingerprint density at radius 1 is 1.31 bits per heavy atom. The minimum Gasteiger partial charge on any atom is -0.451 e. The molecule has 1 heterocycles. The molecule has 0 radical (unpaired) electrons. The zero-order chi connectivity index (χ0) is 19.1. The molecule has 0 aliphatic carbocycles. The van der Waals surface area contributed by atoms with E-state index in [1.54, 1.807) is 6.07 Å². The number of hydrogen-bond acceptors (Lipinski definition) is 6. The van der Waals surface area contributed by atoms with Gasteiger partial charge in [0.25, 0.3) is 11.6 Å². The molecule has 2 rings (SSSR count). The summed E-state index contributed by atoms with van der Waals surface area (Å²) in [6.45, 7) is 1.65. The van der Waals surface area contributed by atoms with Crippen LogP contribution in [0.3, 0.4) is 0 Å². The molecule has 140 valence electrons. The Balaban J connectivity index is 1.91. The van der Waals surface area contributed by atoms with Gasteiger partial charge in [-0.25, -0.2) is 0 Å². The molecule has 26 heavy (non-hydrogen) atoms. The first-order chi connectivity index (χ1) is 12.4. The molecule has 1 aromatic carbocycles. The number of esters is 1. The van der Waals surface area contributed by atoms with Crippen molar-refractivity contribution in [2.45, 2.75) is 38.7 Å². The van der Waals surface area contributed by atoms with Gasteiger partial charge in [-0.2, -0.15) is 0 Å². The van der Waals surface area contributed by atoms with Gasteiger partial charge in [-0.05, 0) is 25.8 Å². The predicted molar refractivity (Wildman–Crippen MR) is 92.3 cm³/mol. The van der Waals surface area contributed by atoms with E-state index in [-0.39, 0.29) is 23.8 Å². The molecule has 9 nitrogen and oxygen atoms in total. The van der Waals surface area contributed by atoms with Gasteiger partial charge >= 0.3 is 5.97 Å². The van der Waals surface area contributed by atoms with E-state index in [1.165, 1.54) is 30.0 Å². The van der Waals surface area contributed by atoms with Crippen LogP contribution >= 0.6 is 0 Å². The van der Waals surface area contributed by atoms with Crippen molar-refractivity contribution in [2.75, 3.05) is 18.4 Å². The van der Waals surface area contributed by atoms with E-state index in [0.717, 1.165) is 19.3 Å². The molecule has 1 fully saturated rings. The smallest absolute Gasteiger partial charge is 0.326 e. The number of hydrogen-bond donors (Lipinski definition) is 1. The highest BCUT2D eigenvalue weighted by molar-refractivity contribution is 5.97. The van der Waals surface area contributed by atoms with E-state index in [1.807, 2.05) is 0 Å². The number of carbonyl (C=O) groups excluding carboxylic acids is 3. The maximum atomic E-state index is 12.1. The van der Waals surface area contributed by atoms with Crippen molar-refractivity contribution in [2.24, 2.45) is 0 Å². The minimum atomic E-state index is -1.15. The van der Waals surface area contributed by atoms with Gasteiger partial charge in [0.05, 0.1) is 4.92 Å². The molecule has 1 aliphatic rings. The number of nitro groups is 1. The lowest BCUT2D eigenvalue weighted by molar-refractivity contribution is -0.383. The fraction of sp³-hybridized carbons (Fsp3) is 0.471. The Kier molecular flexibility index (Phi) is 6.65. The number of nitro benzene ring substituents is 1. The van der Waals surface area contributed by atoms with Crippen molar-refractivity contribution in [3.05, 3.63) is 34.4 Å². The standard InChI is InChI=1S/C17H21N3O6/c1-12(17(23)18-13-7-4-5-8-14(13)20(24)25)26-16(22)11-19-10-6-2-3-9-15(19)21/h4-5,7-8,12H,2-3,6,9-11H2,1H3,(H,18,23)/t12-/m0/s1. The Labute approximate surface area is 150 Å². The van der Waals surface area contributed by atoms with Gasteiger partial charge < -0.3 is 15.0 Å². The Hall–Kier alpha value is -2.97. The van der Waals surface area contributed by atoms with Crippen LogP contribution in [0.1, 0.15) is 32.6 Å². The summed E-state index contributed by atoms with van der Waals surface area (Å²) in [6, 6.07) is 5.68. The first-order valence-corrected chi connectivity index (χ1v) is 8.40. The van der Waals surface area contributed by atoms with Gasteiger partial charge in [-0.1, -0.05) is 18.6 Å². The number of likely N-dealkylation sites (tertiary alicyclic amines) is 1. The summed E-state index contributed by atoms with van der Waals surface area (Å²) < 4.78 is 5.06. The molecule has 0 unspecified atom stereocenters. The van der Waals surface area contributed by atoms with Crippen molar-refractivity contribution < 1.29 is 24.0 Å². The van der Waals surface area contributed by atoms with Crippen molar-refractivity contribution in [1.29, 1.82) is 0 Å². The molecular formula is C17H21N3O6. The summed E-state index contributed by atoms with van der Waals surface area (Å²) in [5, 5.41) is 13.3. The van der Waals surface area contributed by atoms with Crippen LogP contribution in [0, 0.1) is 10.1 Å². The molecule has 9 heteroatoms. The fourth-order valence-corrected chi connectivity index (χ4v) is 2.62. The lowest BCUT2D eigenvalue weighted by Gasteiger charge is -2.20. The first-order valence-electron chi connectivity index (χ1n) is 8.40. The van der Waals surface area contributed by atoms with Crippen LogP contribution in [0.15, 0.2) is 24.3 Å². The second-order valence-corrected chi connectivity index (χ2v) is 6.02. The Bertz CT molecular complexity index is 705. The molecule has 0 saturated carbocycles. The van der Waals surface area contributed by atoms with Gasteiger partial charge in [0.2, 0.25) is 5.91 Å². The van der Waals surface area contributed by atoms with E-state index in [4.69, 9.17) is 4.74 Å². The highest BCUT2D eigenvalue weighted by Crippen LogP contribution is 2.23. The summed E-state index contributed by atoms with van der Waals surface area (Å²) in [7, 11) is 0. The molecule has 1 N–H and O–H groups in total. The van der Waals surface area contributed by atoms with Crippen molar-refractivity contribution in [3.8, 4) is 0 Å². The number of rotatable bonds is 6. The summed E-state index contributed by atoms with van der Waals surface area (Å²) in [6.07, 6.45) is 1.82. The van der Waals surface area contributed by atoms with Crippen LogP contribution < -0.4 is 5.32 Å². The van der Waals surface area contributed by atoms with Crippen LogP contribution in [0.25, 0.3) is 0 Å². The Morgan fingerprint density at radius 2 is 2.04 bits per heavy atom. The van der Waals surface area contributed by atoms with Crippen LogP contribution in [0.2, 0.25) is 0 Å². The number of benzene rings is 1. The number of nitrogens with zero attached hydrogens (tertiary/aromatic N) is 2. The first kappa shape index (κ1) is 19.4. The lowest BCUT2D eigenvalue weighted by Crippen LogP contribution is -2.38. The van der Waals surface area contributed by atoms with Gasteiger partial charge in [0, 0.05) is 19.0 Å². The van der Waals surface area contributed by atoms with Gasteiger partial charge in [-0.3, -0.25) is 24.5 Å². The lowest BCUT2D eigenvalue weighted by atomic mass is 10.2. The van der Waals surface area contributed by atoms with E-state index in [0.29, 0.717) is 13.0 Å². The van der Waals surface area contributed by atoms with Gasteiger partial charge in [-0.15, -0.1) is 0 Å². The molecule has 0 aromatic heterocycles. The summed E-state index contributed by atoms with van der Waals surface area (Å²) in [5.41, 5.74) is -0.234. The Morgan fingerprint density at radius 3 is 2.77 bits per heavy atom. The fourth-order valence-electron chi connectivity index (χ4n) is 2.62.